The summed E-state index contributed by atoms with van der Waals surface area (Å²) >= 11 is 0. The smallest absolute Gasteiger partial charge is 0.0373 e. The number of rotatable bonds is 4. The molecule has 0 amide bonds. The number of hydrogen-bond acceptors (Lipinski definition) is 2. The molecule has 1 aromatic heterocycles. The highest BCUT2D eigenvalue weighted by atomic mass is 14.9. The topological polar surface area (TPSA) is 24.9 Å². The van der Waals surface area contributed by atoms with Crippen molar-refractivity contribution in [1.29, 1.82) is 0 Å². The molecule has 0 aliphatic heterocycles. The van der Waals surface area contributed by atoms with E-state index in [0.717, 1.165) is 12.1 Å². The first kappa shape index (κ1) is 11.8. The van der Waals surface area contributed by atoms with Gasteiger partial charge in [0.2, 0.25) is 0 Å². The maximum Gasteiger partial charge on any atom is 0.0373 e. The molecule has 0 spiro atoms. The Morgan fingerprint density at radius 1 is 1.12 bits per heavy atom. The van der Waals surface area contributed by atoms with Crippen LogP contribution < -0.4 is 5.32 Å². The van der Waals surface area contributed by atoms with Crippen LogP contribution in [0.15, 0.2) is 48.7 Å². The fourth-order valence-electron chi connectivity index (χ4n) is 1.92. The average molecular weight is 226 g/mol. The van der Waals surface area contributed by atoms with Crippen LogP contribution >= 0.6 is 0 Å². The molecule has 1 aromatic carbocycles. The predicted molar refractivity (Wildman–Crippen MR) is 70.9 cm³/mol. The lowest BCUT2D eigenvalue weighted by atomic mass is 10.0. The molecule has 1 atom stereocenters. The van der Waals surface area contributed by atoms with E-state index in [0.29, 0.717) is 6.04 Å². The molecule has 88 valence electrons. The van der Waals surface area contributed by atoms with Crippen molar-refractivity contribution in [2.45, 2.75) is 19.4 Å². The Morgan fingerprint density at radius 3 is 2.47 bits per heavy atom. The Bertz CT molecular complexity index is 448. The summed E-state index contributed by atoms with van der Waals surface area (Å²) in [6, 6.07) is 15.1. The second-order valence-corrected chi connectivity index (χ2v) is 4.26. The maximum absolute atomic E-state index is 4.35. The Kier molecular flexibility index (Phi) is 3.89. The fraction of sp³-hybridized carbons (Fsp3) is 0.267. The molecule has 1 unspecified atom stereocenters. The molecule has 2 nitrogen and oxygen atoms in total. The van der Waals surface area contributed by atoms with Gasteiger partial charge in [0.25, 0.3) is 0 Å². The predicted octanol–water partition coefficient (Wildman–Crippen LogP) is 2.89. The molecule has 0 saturated heterocycles. The summed E-state index contributed by atoms with van der Waals surface area (Å²) in [5.41, 5.74) is 3.64. The first-order chi connectivity index (χ1) is 8.29. The lowest BCUT2D eigenvalue weighted by Crippen LogP contribution is -2.19. The van der Waals surface area contributed by atoms with Gasteiger partial charge in [0.1, 0.15) is 0 Å². The van der Waals surface area contributed by atoms with Crippen molar-refractivity contribution in [3.05, 3.63) is 65.5 Å². The molecular weight excluding hydrogens is 208 g/mol. The fourth-order valence-corrected chi connectivity index (χ4v) is 1.92. The average Bonchev–Trinajstić information content (AvgIpc) is 2.38. The van der Waals surface area contributed by atoms with Gasteiger partial charge < -0.3 is 5.32 Å². The zero-order valence-corrected chi connectivity index (χ0v) is 10.4. The van der Waals surface area contributed by atoms with Crippen molar-refractivity contribution in [1.82, 2.24) is 10.3 Å². The van der Waals surface area contributed by atoms with Crippen molar-refractivity contribution in [3.63, 3.8) is 0 Å². The standard InChI is InChI=1S/C15H18N2/c1-12-8-9-14(11-17-12)15(16-2)10-13-6-4-3-5-7-13/h3-9,11,15-16H,10H2,1-2H3. The lowest BCUT2D eigenvalue weighted by Gasteiger charge is -2.16. The van der Waals surface area contributed by atoms with Crippen molar-refractivity contribution < 1.29 is 0 Å². The zero-order valence-electron chi connectivity index (χ0n) is 10.4. The minimum atomic E-state index is 0.325. The Morgan fingerprint density at radius 2 is 1.88 bits per heavy atom. The van der Waals surface area contributed by atoms with Gasteiger partial charge in [-0.3, -0.25) is 4.98 Å². The highest BCUT2D eigenvalue weighted by molar-refractivity contribution is 5.22. The van der Waals surface area contributed by atoms with Crippen LogP contribution in [-0.2, 0) is 6.42 Å². The van der Waals surface area contributed by atoms with E-state index >= 15 is 0 Å². The molecule has 0 radical (unpaired) electrons. The van der Waals surface area contributed by atoms with Gasteiger partial charge in [0.05, 0.1) is 0 Å². The molecule has 17 heavy (non-hydrogen) atoms. The van der Waals surface area contributed by atoms with Crippen LogP contribution in [0.5, 0.6) is 0 Å². The van der Waals surface area contributed by atoms with Gasteiger partial charge in [-0.05, 0) is 37.6 Å². The second-order valence-electron chi connectivity index (χ2n) is 4.26. The van der Waals surface area contributed by atoms with E-state index in [4.69, 9.17) is 0 Å². The van der Waals surface area contributed by atoms with Crippen molar-refractivity contribution in [3.8, 4) is 0 Å². The third-order valence-electron chi connectivity index (χ3n) is 2.97. The van der Waals surface area contributed by atoms with Gasteiger partial charge in [0, 0.05) is 17.9 Å². The number of pyridine rings is 1. The highest BCUT2D eigenvalue weighted by Crippen LogP contribution is 2.17. The summed E-state index contributed by atoms with van der Waals surface area (Å²) in [6.07, 6.45) is 2.95. The molecule has 0 aliphatic carbocycles. The van der Waals surface area contributed by atoms with Gasteiger partial charge in [-0.25, -0.2) is 0 Å². The number of likely N-dealkylation sites (N-methyl/N-ethyl adjacent to an activating group) is 1. The Hall–Kier alpha value is -1.67. The summed E-state index contributed by atoms with van der Waals surface area (Å²) < 4.78 is 0. The third-order valence-corrected chi connectivity index (χ3v) is 2.97. The molecule has 0 saturated carbocycles. The minimum Gasteiger partial charge on any atom is -0.313 e. The monoisotopic (exact) mass is 226 g/mol. The van der Waals surface area contributed by atoms with Gasteiger partial charge in [-0.2, -0.15) is 0 Å². The summed E-state index contributed by atoms with van der Waals surface area (Å²) in [7, 11) is 1.99. The molecule has 0 fully saturated rings. The van der Waals surface area contributed by atoms with Crippen LogP contribution in [0.2, 0.25) is 0 Å². The van der Waals surface area contributed by atoms with Crippen LogP contribution in [0.3, 0.4) is 0 Å². The lowest BCUT2D eigenvalue weighted by molar-refractivity contribution is 0.589. The first-order valence-electron chi connectivity index (χ1n) is 5.93. The summed E-state index contributed by atoms with van der Waals surface area (Å²) in [5.74, 6) is 0. The van der Waals surface area contributed by atoms with E-state index in [1.165, 1.54) is 11.1 Å². The number of aryl methyl sites for hydroxylation is 1. The van der Waals surface area contributed by atoms with Crippen molar-refractivity contribution in [2.75, 3.05) is 7.05 Å². The van der Waals surface area contributed by atoms with Crippen molar-refractivity contribution in [2.24, 2.45) is 0 Å². The van der Waals surface area contributed by atoms with E-state index < -0.39 is 0 Å². The maximum atomic E-state index is 4.35. The highest BCUT2D eigenvalue weighted by Gasteiger charge is 2.09. The zero-order chi connectivity index (χ0) is 12.1. The number of hydrogen-bond donors (Lipinski definition) is 1. The Labute approximate surface area is 103 Å². The molecular formula is C15H18N2. The number of nitrogens with one attached hydrogen (secondary N) is 1. The van der Waals surface area contributed by atoms with E-state index in [9.17, 15) is 0 Å². The summed E-state index contributed by atoms with van der Waals surface area (Å²) in [4.78, 5) is 4.35. The number of benzene rings is 1. The molecule has 0 bridgehead atoms. The van der Waals surface area contributed by atoms with Gasteiger partial charge in [-0.1, -0.05) is 36.4 Å². The molecule has 1 heterocycles. The summed E-state index contributed by atoms with van der Waals surface area (Å²) in [5, 5.41) is 3.35. The van der Waals surface area contributed by atoms with Crippen LogP contribution in [0.1, 0.15) is 22.9 Å². The van der Waals surface area contributed by atoms with Gasteiger partial charge in [-0.15, -0.1) is 0 Å². The van der Waals surface area contributed by atoms with Crippen LogP contribution in [0.4, 0.5) is 0 Å². The van der Waals surface area contributed by atoms with Crippen LogP contribution in [0.25, 0.3) is 0 Å². The SMILES string of the molecule is CNC(Cc1ccccc1)c1ccc(C)nc1. The van der Waals surface area contributed by atoms with Crippen LogP contribution in [0, 0.1) is 6.92 Å². The van der Waals surface area contributed by atoms with Gasteiger partial charge >= 0.3 is 0 Å². The first-order valence-corrected chi connectivity index (χ1v) is 5.93. The van der Waals surface area contributed by atoms with E-state index in [1.807, 2.05) is 26.2 Å². The number of nitrogens with zero attached hydrogens (tertiary/aromatic N) is 1. The number of aromatic nitrogens is 1. The van der Waals surface area contributed by atoms with Gasteiger partial charge in [0.15, 0.2) is 0 Å². The second kappa shape index (κ2) is 5.60. The van der Waals surface area contributed by atoms with E-state index in [2.05, 4.69) is 46.7 Å². The molecule has 0 aliphatic rings. The minimum absolute atomic E-state index is 0.325. The third kappa shape index (κ3) is 3.14. The normalized spacial score (nSPS) is 12.4. The Balaban J connectivity index is 2.14. The summed E-state index contributed by atoms with van der Waals surface area (Å²) in [6.45, 7) is 2.01. The quantitative estimate of drug-likeness (QED) is 0.867. The van der Waals surface area contributed by atoms with Crippen molar-refractivity contribution >= 4 is 0 Å². The largest absolute Gasteiger partial charge is 0.313 e. The molecule has 1 N–H and O–H groups in total. The van der Waals surface area contributed by atoms with E-state index in [-0.39, 0.29) is 0 Å². The molecule has 2 aromatic rings. The van der Waals surface area contributed by atoms with Crippen LogP contribution in [-0.4, -0.2) is 12.0 Å². The van der Waals surface area contributed by atoms with E-state index in [1.54, 1.807) is 0 Å². The molecule has 2 rings (SSSR count). The molecule has 2 heteroatoms.